The van der Waals surface area contributed by atoms with Crippen molar-refractivity contribution in [3.05, 3.63) is 76.4 Å². The molecule has 1 aliphatic carbocycles. The Balaban J connectivity index is 1.50. The van der Waals surface area contributed by atoms with Gasteiger partial charge in [-0.15, -0.1) is 0 Å². The third-order valence-corrected chi connectivity index (χ3v) is 7.67. The number of nitrogens with zero attached hydrogens (tertiary/aromatic N) is 1. The van der Waals surface area contributed by atoms with Crippen molar-refractivity contribution in [1.82, 2.24) is 10.3 Å². The molecule has 0 unspecified atom stereocenters. The number of aliphatic hydroxyl groups is 1. The molecule has 2 heterocycles. The monoisotopic (exact) mass is 583 g/mol. The van der Waals surface area contributed by atoms with Crippen LogP contribution in [0.15, 0.2) is 48.2 Å². The maximum Gasteiger partial charge on any atom is 0.277 e. The fourth-order valence-corrected chi connectivity index (χ4v) is 5.06. The molecule has 1 saturated carbocycles. The van der Waals surface area contributed by atoms with E-state index in [0.717, 1.165) is 6.08 Å². The Hall–Kier alpha value is -4.29. The molecule has 1 aliphatic heterocycles. The van der Waals surface area contributed by atoms with Gasteiger partial charge in [-0.2, -0.15) is 0 Å². The molecule has 8 N–H and O–H groups in total. The van der Waals surface area contributed by atoms with Crippen LogP contribution in [0, 0.1) is 11.7 Å². The summed E-state index contributed by atoms with van der Waals surface area (Å²) >= 11 is 0. The van der Waals surface area contributed by atoms with Gasteiger partial charge < -0.3 is 37.1 Å². The number of carbonyl (C=O) groups excluding carboxylic acids is 1. The van der Waals surface area contributed by atoms with E-state index in [1.807, 2.05) is 0 Å². The number of alkyl halides is 2. The topological polar surface area (TPSA) is 159 Å². The molecule has 2 aromatic carbocycles. The zero-order valence-corrected chi connectivity index (χ0v) is 23.1. The van der Waals surface area contributed by atoms with E-state index in [9.17, 15) is 23.1 Å². The molecular formula is C30H32F3N5O4. The molecule has 42 heavy (non-hydrogen) atoms. The first-order valence-electron chi connectivity index (χ1n) is 13.3. The number of fused-ring (bicyclic) bond motifs is 1. The van der Waals surface area contributed by atoms with Crippen molar-refractivity contribution in [2.24, 2.45) is 17.4 Å². The van der Waals surface area contributed by atoms with Gasteiger partial charge in [0.15, 0.2) is 5.75 Å². The molecule has 12 heteroatoms. The Bertz CT molecular complexity index is 1560. The van der Waals surface area contributed by atoms with Crippen molar-refractivity contribution in [3.8, 4) is 22.8 Å². The van der Waals surface area contributed by atoms with Gasteiger partial charge in [0.25, 0.3) is 12.3 Å². The van der Waals surface area contributed by atoms with Gasteiger partial charge in [-0.1, -0.05) is 0 Å². The van der Waals surface area contributed by atoms with Crippen LogP contribution in [0.3, 0.4) is 0 Å². The summed E-state index contributed by atoms with van der Waals surface area (Å²) in [6, 6.07) is 10.1. The number of nitrogen functional groups attached to an aromatic ring is 1. The van der Waals surface area contributed by atoms with Gasteiger partial charge >= 0.3 is 0 Å². The number of ether oxygens (including phenoxy) is 2. The number of allylic oxidation sites excluding steroid dienone is 1. The number of rotatable bonds is 9. The molecule has 5 rings (SSSR count). The van der Waals surface area contributed by atoms with E-state index >= 15 is 0 Å². The molecule has 2 atom stereocenters. The largest absolute Gasteiger partial charge is 0.495 e. The number of methoxy groups -OCH3 is 1. The average Bonchev–Trinajstić information content (AvgIpc) is 3.77. The molecule has 0 spiro atoms. The fraction of sp³-hybridized carbons (Fsp3) is 0.333. The van der Waals surface area contributed by atoms with Gasteiger partial charge in [0.05, 0.1) is 36.3 Å². The minimum Gasteiger partial charge on any atom is -0.495 e. The number of anilines is 1. The van der Waals surface area contributed by atoms with Crippen LogP contribution in [0.5, 0.6) is 11.5 Å². The van der Waals surface area contributed by atoms with Gasteiger partial charge in [-0.25, -0.2) is 18.2 Å². The molecule has 1 aromatic heterocycles. The SMILES string of the molecule is COc1cc(C(=O)NC[C@](O)(c2cc3c(c(-c4ccc(F)cc4)n2)OC[C@]3(C)N)C2CC2)cc(/C=C(\N)C(F)F)c1N. The molecule has 0 saturated heterocycles. The van der Waals surface area contributed by atoms with Crippen molar-refractivity contribution in [2.75, 3.05) is 26.0 Å². The standard InChI is InChI=1S/C30H32F3N5O4/c1-29(36)14-42-26-20(29)12-23(38-25(26)15-3-7-19(31)8-4-15)30(40,18-5-6-18)13-37-28(39)17-9-16(10-21(34)27(32)33)24(35)22(11-17)41-2/h3-4,7-12,18,27,40H,5-6,13-14,34-36H2,1-2H3,(H,37,39)/b21-10-/t29-,30+/m0/s1. The Morgan fingerprint density at radius 3 is 2.60 bits per heavy atom. The zero-order valence-electron chi connectivity index (χ0n) is 23.1. The van der Waals surface area contributed by atoms with Crippen LogP contribution in [0.4, 0.5) is 18.9 Å². The van der Waals surface area contributed by atoms with Crippen molar-refractivity contribution in [1.29, 1.82) is 0 Å². The van der Waals surface area contributed by atoms with Crippen molar-refractivity contribution >= 4 is 17.7 Å². The second-order valence-corrected chi connectivity index (χ2v) is 11.0. The first kappa shape index (κ1) is 29.2. The van der Waals surface area contributed by atoms with Crippen molar-refractivity contribution < 1.29 is 32.5 Å². The van der Waals surface area contributed by atoms with Crippen LogP contribution >= 0.6 is 0 Å². The summed E-state index contributed by atoms with van der Waals surface area (Å²) < 4.78 is 50.9. The minimum absolute atomic E-state index is 0.0369. The molecule has 0 bridgehead atoms. The third-order valence-electron chi connectivity index (χ3n) is 7.67. The maximum atomic E-state index is 13.7. The van der Waals surface area contributed by atoms with Gasteiger partial charge in [-0.05, 0) is 74.2 Å². The molecule has 0 radical (unpaired) electrons. The van der Waals surface area contributed by atoms with Crippen molar-refractivity contribution in [2.45, 2.75) is 37.3 Å². The summed E-state index contributed by atoms with van der Waals surface area (Å²) in [5.41, 5.74) is 16.9. The second kappa shape index (κ2) is 10.8. The number of nitrogens with one attached hydrogen (secondary N) is 1. The summed E-state index contributed by atoms with van der Waals surface area (Å²) in [5.74, 6) is -0.677. The number of amides is 1. The van der Waals surface area contributed by atoms with E-state index in [4.69, 9.17) is 31.7 Å². The quantitative estimate of drug-likeness (QED) is 0.239. The lowest BCUT2D eigenvalue weighted by Gasteiger charge is -2.30. The number of pyridine rings is 1. The lowest BCUT2D eigenvalue weighted by molar-refractivity contribution is 0.00947. The maximum absolute atomic E-state index is 13.7. The van der Waals surface area contributed by atoms with Crippen LogP contribution in [-0.2, 0) is 11.1 Å². The second-order valence-electron chi connectivity index (χ2n) is 11.0. The summed E-state index contributed by atoms with van der Waals surface area (Å²) in [7, 11) is 1.33. The highest BCUT2D eigenvalue weighted by Gasteiger charge is 2.48. The number of hydrogen-bond acceptors (Lipinski definition) is 8. The van der Waals surface area contributed by atoms with Crippen LogP contribution in [-0.4, -0.2) is 42.7 Å². The summed E-state index contributed by atoms with van der Waals surface area (Å²) in [5, 5.41) is 14.8. The Morgan fingerprint density at radius 1 is 1.29 bits per heavy atom. The number of benzene rings is 2. The van der Waals surface area contributed by atoms with Gasteiger partial charge in [0.2, 0.25) is 0 Å². The van der Waals surface area contributed by atoms with E-state index in [-0.39, 0.29) is 47.3 Å². The zero-order chi connectivity index (χ0) is 30.4. The van der Waals surface area contributed by atoms with Gasteiger partial charge in [0, 0.05) is 22.3 Å². The molecule has 222 valence electrons. The van der Waals surface area contributed by atoms with Gasteiger partial charge in [0.1, 0.15) is 29.5 Å². The molecule has 9 nitrogen and oxygen atoms in total. The lowest BCUT2D eigenvalue weighted by atomic mass is 9.87. The summed E-state index contributed by atoms with van der Waals surface area (Å²) in [4.78, 5) is 18.1. The normalized spacial score (nSPS) is 19.7. The minimum atomic E-state index is -2.91. The molecular weight excluding hydrogens is 551 g/mol. The van der Waals surface area contributed by atoms with E-state index in [1.165, 1.54) is 31.4 Å². The Labute approximate surface area is 240 Å². The van der Waals surface area contributed by atoms with E-state index in [0.29, 0.717) is 35.4 Å². The van der Waals surface area contributed by atoms with Crippen molar-refractivity contribution in [3.63, 3.8) is 0 Å². The van der Waals surface area contributed by atoms with Crippen LogP contribution in [0.1, 0.15) is 46.9 Å². The predicted octanol–water partition coefficient (Wildman–Crippen LogP) is 3.64. The van der Waals surface area contributed by atoms with Gasteiger partial charge in [-0.3, -0.25) is 4.79 Å². The van der Waals surface area contributed by atoms with Crippen LogP contribution in [0.2, 0.25) is 0 Å². The molecule has 1 fully saturated rings. The van der Waals surface area contributed by atoms with E-state index in [1.54, 1.807) is 25.1 Å². The lowest BCUT2D eigenvalue weighted by Crippen LogP contribution is -2.43. The molecule has 1 amide bonds. The first-order chi connectivity index (χ1) is 19.8. The fourth-order valence-electron chi connectivity index (χ4n) is 5.06. The number of halogens is 3. The highest BCUT2D eigenvalue weighted by molar-refractivity contribution is 5.96. The Kier molecular flexibility index (Phi) is 7.54. The number of carbonyl (C=O) groups is 1. The van der Waals surface area contributed by atoms with E-state index in [2.05, 4.69) is 5.32 Å². The summed E-state index contributed by atoms with van der Waals surface area (Å²) in [6.45, 7) is 1.77. The smallest absolute Gasteiger partial charge is 0.277 e. The van der Waals surface area contributed by atoms with Crippen LogP contribution < -0.4 is 32.0 Å². The molecule has 3 aromatic rings. The van der Waals surface area contributed by atoms with E-state index < -0.39 is 35.0 Å². The number of nitrogens with two attached hydrogens (primary N) is 3. The Morgan fingerprint density at radius 2 is 1.98 bits per heavy atom. The first-order valence-corrected chi connectivity index (χ1v) is 13.3. The number of hydrogen-bond donors (Lipinski definition) is 5. The van der Waals surface area contributed by atoms with Crippen LogP contribution in [0.25, 0.3) is 17.3 Å². The average molecular weight is 584 g/mol. The summed E-state index contributed by atoms with van der Waals surface area (Å²) in [6.07, 6.45) is -0.533. The number of aromatic nitrogens is 1. The highest BCUT2D eigenvalue weighted by Crippen LogP contribution is 2.49. The predicted molar refractivity (Wildman–Crippen MR) is 151 cm³/mol. The highest BCUT2D eigenvalue weighted by atomic mass is 19.3. The molecule has 2 aliphatic rings. The third kappa shape index (κ3) is 5.47.